The summed E-state index contributed by atoms with van der Waals surface area (Å²) in [4.78, 5) is 6.58. The van der Waals surface area contributed by atoms with Gasteiger partial charge in [0, 0.05) is 30.4 Å². The highest BCUT2D eigenvalue weighted by molar-refractivity contribution is 7.71. The van der Waals surface area contributed by atoms with Crippen LogP contribution in [0.5, 0.6) is 5.75 Å². The molecule has 2 aromatic heterocycles. The van der Waals surface area contributed by atoms with Gasteiger partial charge in [-0.05, 0) is 74.7 Å². The van der Waals surface area contributed by atoms with E-state index in [-0.39, 0.29) is 0 Å². The lowest BCUT2D eigenvalue weighted by Gasteiger charge is -2.16. The molecule has 0 bridgehead atoms. The number of likely N-dealkylation sites (N-methyl/N-ethyl adjacent to an activating group) is 1. The fourth-order valence-corrected chi connectivity index (χ4v) is 4.07. The van der Waals surface area contributed by atoms with Crippen molar-refractivity contribution in [1.29, 1.82) is 0 Å². The molecule has 0 saturated heterocycles. The summed E-state index contributed by atoms with van der Waals surface area (Å²) in [5.74, 6) is 1.52. The SMILES string of the molecule is CCOc1ccc(-n2c(-c3ccccc3Cl)nn(CN(C)CCc3ccccn3)c2=S)cc1. The van der Waals surface area contributed by atoms with E-state index in [1.54, 1.807) is 0 Å². The largest absolute Gasteiger partial charge is 0.494 e. The zero-order chi connectivity index (χ0) is 23.2. The molecule has 170 valence electrons. The molecule has 0 aliphatic rings. The molecule has 2 aromatic carbocycles. The maximum absolute atomic E-state index is 6.54. The molecule has 0 radical (unpaired) electrons. The standard InChI is InChI=1S/C25H26ClN5OS/c1-3-32-21-13-11-20(12-14-21)31-24(22-9-4-5-10-23(22)26)28-30(25(31)33)18-29(2)17-15-19-8-6-7-16-27-19/h4-14,16H,3,15,17-18H2,1-2H3. The van der Waals surface area contributed by atoms with Gasteiger partial charge in [0.25, 0.3) is 0 Å². The Bertz CT molecular complexity index is 1250. The van der Waals surface area contributed by atoms with E-state index >= 15 is 0 Å². The highest BCUT2D eigenvalue weighted by Gasteiger charge is 2.17. The molecular formula is C25H26ClN5OS. The van der Waals surface area contributed by atoms with Crippen molar-refractivity contribution >= 4 is 23.8 Å². The van der Waals surface area contributed by atoms with E-state index in [4.69, 9.17) is 33.7 Å². The van der Waals surface area contributed by atoms with E-state index in [0.717, 1.165) is 35.7 Å². The summed E-state index contributed by atoms with van der Waals surface area (Å²) in [5, 5.41) is 5.50. The van der Waals surface area contributed by atoms with Gasteiger partial charge in [-0.25, -0.2) is 4.68 Å². The van der Waals surface area contributed by atoms with E-state index in [1.807, 2.05) is 89.1 Å². The van der Waals surface area contributed by atoms with Crippen LogP contribution < -0.4 is 4.74 Å². The lowest BCUT2D eigenvalue weighted by molar-refractivity contribution is 0.254. The van der Waals surface area contributed by atoms with Crippen LogP contribution in [0, 0.1) is 4.77 Å². The van der Waals surface area contributed by atoms with Gasteiger partial charge < -0.3 is 4.74 Å². The minimum Gasteiger partial charge on any atom is -0.494 e. The van der Waals surface area contributed by atoms with Crippen LogP contribution >= 0.6 is 23.8 Å². The van der Waals surface area contributed by atoms with Gasteiger partial charge in [0.1, 0.15) is 5.75 Å². The van der Waals surface area contributed by atoms with Gasteiger partial charge in [-0.3, -0.25) is 14.5 Å². The number of pyridine rings is 1. The smallest absolute Gasteiger partial charge is 0.204 e. The van der Waals surface area contributed by atoms with Crippen LogP contribution in [0.3, 0.4) is 0 Å². The molecule has 0 spiro atoms. The average Bonchev–Trinajstić information content (AvgIpc) is 3.15. The molecule has 2 heterocycles. The Morgan fingerprint density at radius 3 is 2.48 bits per heavy atom. The van der Waals surface area contributed by atoms with Crippen LogP contribution in [0.4, 0.5) is 0 Å². The van der Waals surface area contributed by atoms with Crippen molar-refractivity contribution in [3.05, 3.63) is 88.4 Å². The minimum atomic E-state index is 0.549. The molecule has 0 aliphatic carbocycles. The zero-order valence-electron chi connectivity index (χ0n) is 18.7. The summed E-state index contributed by atoms with van der Waals surface area (Å²) in [6.07, 6.45) is 2.67. The van der Waals surface area contributed by atoms with E-state index in [0.29, 0.717) is 28.9 Å². The van der Waals surface area contributed by atoms with E-state index in [1.165, 1.54) is 0 Å². The van der Waals surface area contributed by atoms with Gasteiger partial charge in [0.2, 0.25) is 4.77 Å². The highest BCUT2D eigenvalue weighted by Crippen LogP contribution is 2.29. The molecule has 0 N–H and O–H groups in total. The molecular weight excluding hydrogens is 454 g/mol. The summed E-state index contributed by atoms with van der Waals surface area (Å²) < 4.78 is 9.98. The van der Waals surface area contributed by atoms with Gasteiger partial charge in [0.05, 0.1) is 24.0 Å². The predicted octanol–water partition coefficient (Wildman–Crippen LogP) is 5.65. The zero-order valence-corrected chi connectivity index (χ0v) is 20.3. The molecule has 0 amide bonds. The fraction of sp³-hybridized carbons (Fsp3) is 0.240. The Hall–Kier alpha value is -3.00. The molecule has 4 rings (SSSR count). The number of rotatable bonds is 9. The minimum absolute atomic E-state index is 0.549. The highest BCUT2D eigenvalue weighted by atomic mass is 35.5. The van der Waals surface area contributed by atoms with Crippen molar-refractivity contribution in [2.24, 2.45) is 0 Å². The number of hydrogen-bond donors (Lipinski definition) is 0. The summed E-state index contributed by atoms with van der Waals surface area (Å²) in [7, 11) is 2.05. The summed E-state index contributed by atoms with van der Waals surface area (Å²) in [6.45, 7) is 3.96. The van der Waals surface area contributed by atoms with Crippen molar-refractivity contribution in [3.8, 4) is 22.8 Å². The molecule has 0 fully saturated rings. The van der Waals surface area contributed by atoms with E-state index < -0.39 is 0 Å². The Kier molecular flexibility index (Phi) is 7.54. The molecule has 8 heteroatoms. The molecule has 4 aromatic rings. The first-order chi connectivity index (χ1) is 16.1. The normalized spacial score (nSPS) is 11.2. The summed E-state index contributed by atoms with van der Waals surface area (Å²) in [5.41, 5.74) is 2.79. The Labute approximate surface area is 204 Å². The quantitative estimate of drug-likeness (QED) is 0.290. The lowest BCUT2D eigenvalue weighted by Crippen LogP contribution is -2.25. The van der Waals surface area contributed by atoms with Gasteiger partial charge in [0.15, 0.2) is 5.82 Å². The van der Waals surface area contributed by atoms with E-state index in [9.17, 15) is 0 Å². The molecule has 0 unspecified atom stereocenters. The molecule has 0 aliphatic heterocycles. The molecule has 0 atom stereocenters. The summed E-state index contributed by atoms with van der Waals surface area (Å²) >= 11 is 12.4. The van der Waals surface area contributed by atoms with Gasteiger partial charge in [-0.1, -0.05) is 29.8 Å². The Morgan fingerprint density at radius 2 is 1.79 bits per heavy atom. The van der Waals surface area contributed by atoms with Crippen LogP contribution in [-0.2, 0) is 13.1 Å². The maximum Gasteiger partial charge on any atom is 0.204 e. The van der Waals surface area contributed by atoms with Crippen LogP contribution in [0.1, 0.15) is 12.6 Å². The number of hydrogen-bond acceptors (Lipinski definition) is 5. The maximum atomic E-state index is 6.54. The number of aromatic nitrogens is 4. The second-order valence-corrected chi connectivity index (χ2v) is 8.41. The van der Waals surface area contributed by atoms with Crippen molar-refractivity contribution in [1.82, 2.24) is 24.2 Å². The van der Waals surface area contributed by atoms with Crippen LogP contribution in [0.25, 0.3) is 17.1 Å². The lowest BCUT2D eigenvalue weighted by atomic mass is 10.2. The third-order valence-electron chi connectivity index (χ3n) is 5.21. The second-order valence-electron chi connectivity index (χ2n) is 7.64. The predicted molar refractivity (Wildman–Crippen MR) is 135 cm³/mol. The van der Waals surface area contributed by atoms with Crippen molar-refractivity contribution in [2.45, 2.75) is 20.0 Å². The van der Waals surface area contributed by atoms with Gasteiger partial charge in [-0.2, -0.15) is 0 Å². The van der Waals surface area contributed by atoms with E-state index in [2.05, 4.69) is 16.9 Å². The van der Waals surface area contributed by atoms with Gasteiger partial charge >= 0.3 is 0 Å². The van der Waals surface area contributed by atoms with Crippen molar-refractivity contribution in [3.63, 3.8) is 0 Å². The first-order valence-corrected chi connectivity index (χ1v) is 11.6. The van der Waals surface area contributed by atoms with Crippen LogP contribution in [-0.4, -0.2) is 44.4 Å². The Morgan fingerprint density at radius 1 is 1.03 bits per heavy atom. The van der Waals surface area contributed by atoms with Crippen LogP contribution in [0.2, 0.25) is 5.02 Å². The Balaban J connectivity index is 1.66. The van der Waals surface area contributed by atoms with Crippen molar-refractivity contribution in [2.75, 3.05) is 20.2 Å². The van der Waals surface area contributed by atoms with Gasteiger partial charge in [-0.15, -0.1) is 5.10 Å². The average molecular weight is 480 g/mol. The van der Waals surface area contributed by atoms with Crippen molar-refractivity contribution < 1.29 is 4.74 Å². The van der Waals surface area contributed by atoms with Crippen LogP contribution in [0.15, 0.2) is 72.9 Å². The monoisotopic (exact) mass is 479 g/mol. The summed E-state index contributed by atoms with van der Waals surface area (Å²) in [6, 6.07) is 21.5. The molecule has 6 nitrogen and oxygen atoms in total. The molecule has 33 heavy (non-hydrogen) atoms. The first-order valence-electron chi connectivity index (χ1n) is 10.8. The third-order valence-corrected chi connectivity index (χ3v) is 5.93. The second kappa shape index (κ2) is 10.7. The first kappa shape index (κ1) is 23.2. The number of benzene rings is 2. The fourth-order valence-electron chi connectivity index (χ4n) is 3.56. The number of ether oxygens (including phenoxy) is 1. The molecule has 0 saturated carbocycles. The number of halogens is 1. The topological polar surface area (TPSA) is 48.1 Å². The third kappa shape index (κ3) is 5.50. The number of nitrogens with zero attached hydrogens (tertiary/aromatic N) is 5.